The van der Waals surface area contributed by atoms with E-state index in [1.165, 1.54) is 5.56 Å². The number of hydrogen-bond donors (Lipinski definition) is 2. The summed E-state index contributed by atoms with van der Waals surface area (Å²) in [6.45, 7) is 4.72. The molecule has 0 aliphatic rings. The number of terminal acetylenes is 1. The molecule has 0 saturated carbocycles. The standard InChI is InChI=1S/C17H21N5/c1-3-8-20-17(19-4-2)21-12-15-6-5-7-16(11-15)13-22-10-9-18-14-22/h1,5-7,9-11,14H,4,8,12-13H2,2H3,(H2,19,20,21). The molecule has 0 aliphatic heterocycles. The number of rotatable bonds is 6. The summed E-state index contributed by atoms with van der Waals surface area (Å²) in [6, 6.07) is 8.40. The van der Waals surface area contributed by atoms with Crippen LogP contribution in [0.5, 0.6) is 0 Å². The van der Waals surface area contributed by atoms with Crippen LogP contribution >= 0.6 is 0 Å². The number of imidazole rings is 1. The molecule has 0 bridgehead atoms. The van der Waals surface area contributed by atoms with Gasteiger partial charge in [-0.1, -0.05) is 30.2 Å². The summed E-state index contributed by atoms with van der Waals surface area (Å²) in [5.41, 5.74) is 2.39. The average molecular weight is 295 g/mol. The Balaban J connectivity index is 2.01. The van der Waals surface area contributed by atoms with Gasteiger partial charge in [-0.15, -0.1) is 6.42 Å². The van der Waals surface area contributed by atoms with Gasteiger partial charge in [0.15, 0.2) is 5.96 Å². The first-order valence-corrected chi connectivity index (χ1v) is 7.31. The van der Waals surface area contributed by atoms with E-state index in [1.54, 1.807) is 6.20 Å². The highest BCUT2D eigenvalue weighted by molar-refractivity contribution is 5.79. The minimum atomic E-state index is 0.465. The van der Waals surface area contributed by atoms with Crippen LogP contribution < -0.4 is 10.6 Å². The molecule has 0 saturated heterocycles. The van der Waals surface area contributed by atoms with Gasteiger partial charge in [0.1, 0.15) is 0 Å². The molecular formula is C17H21N5. The molecule has 1 aromatic carbocycles. The van der Waals surface area contributed by atoms with E-state index < -0.39 is 0 Å². The summed E-state index contributed by atoms with van der Waals surface area (Å²) in [5.74, 6) is 3.28. The summed E-state index contributed by atoms with van der Waals surface area (Å²) in [4.78, 5) is 8.60. The first kappa shape index (κ1) is 15.6. The molecule has 0 radical (unpaired) electrons. The van der Waals surface area contributed by atoms with Crippen LogP contribution in [0.1, 0.15) is 18.1 Å². The first-order chi connectivity index (χ1) is 10.8. The summed E-state index contributed by atoms with van der Waals surface area (Å²) in [5, 5.41) is 6.25. The van der Waals surface area contributed by atoms with Crippen molar-refractivity contribution in [2.24, 2.45) is 4.99 Å². The van der Waals surface area contributed by atoms with Gasteiger partial charge in [-0.2, -0.15) is 0 Å². The van der Waals surface area contributed by atoms with Gasteiger partial charge < -0.3 is 15.2 Å². The zero-order chi connectivity index (χ0) is 15.6. The molecule has 0 aliphatic carbocycles. The van der Waals surface area contributed by atoms with Crippen molar-refractivity contribution in [1.82, 2.24) is 20.2 Å². The molecule has 0 spiro atoms. The minimum absolute atomic E-state index is 0.465. The van der Waals surface area contributed by atoms with E-state index in [0.717, 1.165) is 24.6 Å². The van der Waals surface area contributed by atoms with E-state index in [4.69, 9.17) is 6.42 Å². The van der Waals surface area contributed by atoms with Crippen molar-refractivity contribution in [2.75, 3.05) is 13.1 Å². The van der Waals surface area contributed by atoms with E-state index in [0.29, 0.717) is 13.1 Å². The highest BCUT2D eigenvalue weighted by Crippen LogP contribution is 2.08. The van der Waals surface area contributed by atoms with Crippen LogP contribution in [-0.2, 0) is 13.1 Å². The SMILES string of the molecule is C#CCNC(=NCc1cccc(Cn2ccnc2)c1)NCC. The number of guanidine groups is 1. The highest BCUT2D eigenvalue weighted by Gasteiger charge is 1.99. The van der Waals surface area contributed by atoms with E-state index in [1.807, 2.05) is 24.0 Å². The van der Waals surface area contributed by atoms with E-state index in [-0.39, 0.29) is 0 Å². The third-order valence-corrected chi connectivity index (χ3v) is 3.04. The number of aliphatic imine (C=N–C) groups is 1. The van der Waals surface area contributed by atoms with Crippen LogP contribution in [0.3, 0.4) is 0 Å². The topological polar surface area (TPSA) is 54.2 Å². The lowest BCUT2D eigenvalue weighted by Gasteiger charge is -2.09. The summed E-state index contributed by atoms with van der Waals surface area (Å²) < 4.78 is 2.04. The maximum Gasteiger partial charge on any atom is 0.192 e. The third kappa shape index (κ3) is 4.98. The zero-order valence-electron chi connectivity index (χ0n) is 12.8. The summed E-state index contributed by atoms with van der Waals surface area (Å²) in [7, 11) is 0. The molecule has 2 N–H and O–H groups in total. The number of benzene rings is 1. The predicted octanol–water partition coefficient (Wildman–Crippen LogP) is 1.62. The maximum atomic E-state index is 5.26. The molecule has 114 valence electrons. The lowest BCUT2D eigenvalue weighted by atomic mass is 10.1. The van der Waals surface area contributed by atoms with Crippen molar-refractivity contribution in [3.63, 3.8) is 0 Å². The normalized spacial score (nSPS) is 11.0. The Morgan fingerprint density at radius 2 is 2.23 bits per heavy atom. The van der Waals surface area contributed by atoms with Crippen LogP contribution in [0.4, 0.5) is 0 Å². The maximum absolute atomic E-state index is 5.26. The van der Waals surface area contributed by atoms with Gasteiger partial charge in [0.05, 0.1) is 19.4 Å². The van der Waals surface area contributed by atoms with Crippen molar-refractivity contribution >= 4 is 5.96 Å². The number of hydrogen-bond acceptors (Lipinski definition) is 2. The monoisotopic (exact) mass is 295 g/mol. The minimum Gasteiger partial charge on any atom is -0.357 e. The fourth-order valence-corrected chi connectivity index (χ4v) is 2.06. The Bertz CT molecular complexity index is 637. The summed E-state index contributed by atoms with van der Waals surface area (Å²) >= 11 is 0. The number of aromatic nitrogens is 2. The second-order valence-corrected chi connectivity index (χ2v) is 4.81. The van der Waals surface area contributed by atoms with Gasteiger partial charge in [-0.05, 0) is 18.1 Å². The number of nitrogens with one attached hydrogen (secondary N) is 2. The Labute approximate surface area is 131 Å². The molecule has 2 aromatic rings. The van der Waals surface area contributed by atoms with Crippen LogP contribution in [0.15, 0.2) is 48.0 Å². The third-order valence-electron chi connectivity index (χ3n) is 3.04. The Hall–Kier alpha value is -2.74. The first-order valence-electron chi connectivity index (χ1n) is 7.31. The molecule has 1 heterocycles. The predicted molar refractivity (Wildman–Crippen MR) is 89.4 cm³/mol. The van der Waals surface area contributed by atoms with Crippen LogP contribution in [-0.4, -0.2) is 28.6 Å². The molecule has 0 atom stereocenters. The van der Waals surface area contributed by atoms with Crippen molar-refractivity contribution in [1.29, 1.82) is 0 Å². The van der Waals surface area contributed by atoms with Crippen molar-refractivity contribution < 1.29 is 0 Å². The second-order valence-electron chi connectivity index (χ2n) is 4.81. The lowest BCUT2D eigenvalue weighted by Crippen LogP contribution is -2.37. The number of nitrogens with zero attached hydrogens (tertiary/aromatic N) is 3. The highest BCUT2D eigenvalue weighted by atomic mass is 15.2. The molecule has 0 fully saturated rings. The Kier molecular flexibility index (Phi) is 6.06. The molecule has 1 aromatic heterocycles. The van der Waals surface area contributed by atoms with E-state index in [2.05, 4.69) is 50.8 Å². The average Bonchev–Trinajstić information content (AvgIpc) is 3.03. The smallest absolute Gasteiger partial charge is 0.192 e. The van der Waals surface area contributed by atoms with Crippen molar-refractivity contribution in [3.05, 3.63) is 54.1 Å². The zero-order valence-corrected chi connectivity index (χ0v) is 12.8. The van der Waals surface area contributed by atoms with Gasteiger partial charge in [-0.25, -0.2) is 9.98 Å². The molecule has 0 unspecified atom stereocenters. The van der Waals surface area contributed by atoms with Gasteiger partial charge in [0, 0.05) is 25.5 Å². The molecule has 5 nitrogen and oxygen atoms in total. The Morgan fingerprint density at radius 3 is 2.95 bits per heavy atom. The van der Waals surface area contributed by atoms with Crippen LogP contribution in [0.25, 0.3) is 0 Å². The fraction of sp³-hybridized carbons (Fsp3) is 0.294. The molecule has 22 heavy (non-hydrogen) atoms. The van der Waals surface area contributed by atoms with Crippen molar-refractivity contribution in [3.8, 4) is 12.3 Å². The molecule has 2 rings (SSSR count). The van der Waals surface area contributed by atoms with Gasteiger partial charge >= 0.3 is 0 Å². The van der Waals surface area contributed by atoms with Crippen LogP contribution in [0, 0.1) is 12.3 Å². The lowest BCUT2D eigenvalue weighted by molar-refractivity contribution is 0.795. The summed E-state index contributed by atoms with van der Waals surface area (Å²) in [6.07, 6.45) is 10.8. The van der Waals surface area contributed by atoms with Crippen molar-refractivity contribution in [2.45, 2.75) is 20.0 Å². The van der Waals surface area contributed by atoms with E-state index in [9.17, 15) is 0 Å². The molecular weight excluding hydrogens is 274 g/mol. The van der Waals surface area contributed by atoms with Gasteiger partial charge in [0.25, 0.3) is 0 Å². The largest absolute Gasteiger partial charge is 0.357 e. The Morgan fingerprint density at radius 1 is 1.36 bits per heavy atom. The van der Waals surface area contributed by atoms with E-state index >= 15 is 0 Å². The van der Waals surface area contributed by atoms with Crippen LogP contribution in [0.2, 0.25) is 0 Å². The van der Waals surface area contributed by atoms with Gasteiger partial charge in [-0.3, -0.25) is 0 Å². The quantitative estimate of drug-likeness (QED) is 0.484. The second kappa shape index (κ2) is 8.53. The van der Waals surface area contributed by atoms with Gasteiger partial charge in [0.2, 0.25) is 0 Å². The fourth-order valence-electron chi connectivity index (χ4n) is 2.06. The molecule has 5 heteroatoms. The molecule has 0 amide bonds.